The molecule has 19 heavy (non-hydrogen) atoms. The van der Waals surface area contributed by atoms with Gasteiger partial charge in [0, 0.05) is 22.0 Å². The highest BCUT2D eigenvalue weighted by atomic mass is 79.9. The van der Waals surface area contributed by atoms with Crippen LogP contribution in [0, 0.1) is 5.92 Å². The average Bonchev–Trinajstić information content (AvgIpc) is 2.26. The Kier molecular flexibility index (Phi) is 6.36. The molecule has 0 aliphatic carbocycles. The van der Waals surface area contributed by atoms with Crippen molar-refractivity contribution in [3.63, 3.8) is 0 Å². The highest BCUT2D eigenvalue weighted by Gasteiger charge is 2.19. The summed E-state index contributed by atoms with van der Waals surface area (Å²) in [6.45, 7) is 5.04. The molecule has 1 unspecified atom stereocenters. The average molecular weight is 345 g/mol. The molecule has 0 bridgehead atoms. The molecular weight excluding hydrogens is 324 g/mol. The Morgan fingerprint density at radius 2 is 2.05 bits per heavy atom. The molecule has 1 atom stereocenters. The molecule has 0 fully saturated rings. The third-order valence-corrected chi connectivity index (χ3v) is 3.75. The van der Waals surface area contributed by atoms with E-state index >= 15 is 0 Å². The number of carbonyl (C=O) groups is 1. The number of thiol groups is 1. The lowest BCUT2D eigenvalue weighted by atomic mass is 10.0. The van der Waals surface area contributed by atoms with Gasteiger partial charge in [-0.2, -0.15) is 0 Å². The van der Waals surface area contributed by atoms with Crippen LogP contribution < -0.4 is 5.32 Å². The first-order valence-electron chi connectivity index (χ1n) is 6.25. The van der Waals surface area contributed by atoms with E-state index in [-0.39, 0.29) is 11.9 Å². The van der Waals surface area contributed by atoms with Gasteiger partial charge in [0.2, 0.25) is 0 Å². The summed E-state index contributed by atoms with van der Waals surface area (Å²) in [7, 11) is 4.01. The van der Waals surface area contributed by atoms with Crippen LogP contribution in [0.2, 0.25) is 0 Å². The van der Waals surface area contributed by atoms with E-state index in [2.05, 4.69) is 52.6 Å². The van der Waals surface area contributed by atoms with Crippen LogP contribution in [0.1, 0.15) is 24.2 Å². The number of carbonyl (C=O) groups excluding carboxylic acids is 1. The number of nitrogens with one attached hydrogen (secondary N) is 1. The standard InChI is InChI=1S/C14H21BrN2OS/c1-9(2)12(8-17(3)4)16-14(18)11-6-5-10(15)7-13(11)19/h5-7,9,12,19H,8H2,1-4H3,(H,16,18). The summed E-state index contributed by atoms with van der Waals surface area (Å²) >= 11 is 7.71. The van der Waals surface area contributed by atoms with E-state index in [9.17, 15) is 4.79 Å². The monoisotopic (exact) mass is 344 g/mol. The molecule has 1 amide bonds. The Labute approximate surface area is 129 Å². The second-order valence-electron chi connectivity index (χ2n) is 5.25. The number of benzene rings is 1. The Hall–Kier alpha value is -0.520. The molecule has 0 heterocycles. The van der Waals surface area contributed by atoms with Crippen LogP contribution >= 0.6 is 28.6 Å². The summed E-state index contributed by atoms with van der Waals surface area (Å²) in [6, 6.07) is 5.59. The molecular formula is C14H21BrN2OS. The minimum Gasteiger partial charge on any atom is -0.348 e. The maximum atomic E-state index is 12.3. The van der Waals surface area contributed by atoms with Gasteiger partial charge in [-0.05, 0) is 38.2 Å². The van der Waals surface area contributed by atoms with Gasteiger partial charge in [0.15, 0.2) is 0 Å². The molecule has 0 saturated heterocycles. The Morgan fingerprint density at radius 1 is 1.42 bits per heavy atom. The number of amides is 1. The van der Waals surface area contributed by atoms with Gasteiger partial charge in [0.1, 0.15) is 0 Å². The predicted octanol–water partition coefficient (Wildman–Crippen LogP) is 3.05. The van der Waals surface area contributed by atoms with Gasteiger partial charge in [-0.1, -0.05) is 29.8 Å². The third kappa shape index (κ3) is 5.16. The number of hydrogen-bond acceptors (Lipinski definition) is 3. The summed E-state index contributed by atoms with van der Waals surface area (Å²) in [4.78, 5) is 15.0. The van der Waals surface area contributed by atoms with Crippen molar-refractivity contribution in [3.05, 3.63) is 28.2 Å². The largest absolute Gasteiger partial charge is 0.348 e. The molecule has 5 heteroatoms. The van der Waals surface area contributed by atoms with E-state index in [0.717, 1.165) is 11.0 Å². The van der Waals surface area contributed by atoms with Crippen molar-refractivity contribution in [2.75, 3.05) is 20.6 Å². The molecule has 0 aliphatic rings. The fourth-order valence-electron chi connectivity index (χ4n) is 1.76. The van der Waals surface area contributed by atoms with Crippen LogP contribution in [-0.4, -0.2) is 37.5 Å². The Bertz CT molecular complexity index is 449. The van der Waals surface area contributed by atoms with Crippen molar-refractivity contribution in [2.24, 2.45) is 5.92 Å². The van der Waals surface area contributed by atoms with E-state index in [1.807, 2.05) is 26.2 Å². The second-order valence-corrected chi connectivity index (χ2v) is 6.65. The maximum absolute atomic E-state index is 12.3. The van der Waals surface area contributed by atoms with Crippen molar-refractivity contribution < 1.29 is 4.79 Å². The first-order valence-corrected chi connectivity index (χ1v) is 7.49. The zero-order valence-corrected chi connectivity index (χ0v) is 14.3. The first kappa shape index (κ1) is 16.5. The normalized spacial score (nSPS) is 12.8. The topological polar surface area (TPSA) is 32.3 Å². The predicted molar refractivity (Wildman–Crippen MR) is 86.0 cm³/mol. The SMILES string of the molecule is CC(C)C(CN(C)C)NC(=O)c1ccc(Br)cc1S. The van der Waals surface area contributed by atoms with Crippen LogP contribution in [0.5, 0.6) is 0 Å². The molecule has 1 aromatic rings. The van der Waals surface area contributed by atoms with Gasteiger partial charge >= 0.3 is 0 Å². The fraction of sp³-hybridized carbons (Fsp3) is 0.500. The van der Waals surface area contributed by atoms with Gasteiger partial charge in [-0.25, -0.2) is 0 Å². The Morgan fingerprint density at radius 3 is 2.53 bits per heavy atom. The fourth-order valence-corrected chi connectivity index (χ4v) is 2.61. The second kappa shape index (κ2) is 7.31. The summed E-state index contributed by atoms with van der Waals surface area (Å²) in [6.07, 6.45) is 0. The first-order chi connectivity index (χ1) is 8.81. The lowest BCUT2D eigenvalue weighted by molar-refractivity contribution is 0.0913. The van der Waals surface area contributed by atoms with Crippen molar-refractivity contribution in [3.8, 4) is 0 Å². The van der Waals surface area contributed by atoms with Gasteiger partial charge in [-0.15, -0.1) is 12.6 Å². The quantitative estimate of drug-likeness (QED) is 0.804. The van der Waals surface area contributed by atoms with Gasteiger partial charge < -0.3 is 10.2 Å². The van der Waals surface area contributed by atoms with Crippen LogP contribution in [-0.2, 0) is 0 Å². The number of halogens is 1. The van der Waals surface area contributed by atoms with Gasteiger partial charge in [0.25, 0.3) is 5.91 Å². The van der Waals surface area contributed by atoms with Crippen LogP contribution in [0.15, 0.2) is 27.6 Å². The highest BCUT2D eigenvalue weighted by molar-refractivity contribution is 9.10. The Balaban J connectivity index is 2.81. The maximum Gasteiger partial charge on any atom is 0.252 e. The van der Waals surface area contributed by atoms with Gasteiger partial charge in [0.05, 0.1) is 5.56 Å². The summed E-state index contributed by atoms with van der Waals surface area (Å²) in [5.74, 6) is 0.309. The smallest absolute Gasteiger partial charge is 0.252 e. The molecule has 0 aromatic heterocycles. The highest BCUT2D eigenvalue weighted by Crippen LogP contribution is 2.20. The van der Waals surface area contributed by atoms with E-state index in [1.165, 1.54) is 0 Å². The molecule has 1 rings (SSSR count). The van der Waals surface area contributed by atoms with Crippen molar-refractivity contribution in [1.29, 1.82) is 0 Å². The number of rotatable bonds is 5. The summed E-state index contributed by atoms with van der Waals surface area (Å²) < 4.78 is 0.919. The lowest BCUT2D eigenvalue weighted by Crippen LogP contribution is -2.45. The summed E-state index contributed by atoms with van der Waals surface area (Å²) in [5, 5.41) is 3.08. The molecule has 106 valence electrons. The zero-order chi connectivity index (χ0) is 14.6. The molecule has 0 saturated carbocycles. The van der Waals surface area contributed by atoms with Gasteiger partial charge in [-0.3, -0.25) is 4.79 Å². The summed E-state index contributed by atoms with van der Waals surface area (Å²) in [5.41, 5.74) is 0.607. The zero-order valence-electron chi connectivity index (χ0n) is 11.8. The van der Waals surface area contributed by atoms with Crippen molar-refractivity contribution in [2.45, 2.75) is 24.8 Å². The van der Waals surface area contributed by atoms with Crippen LogP contribution in [0.25, 0.3) is 0 Å². The van der Waals surface area contributed by atoms with Crippen molar-refractivity contribution in [1.82, 2.24) is 10.2 Å². The number of likely N-dealkylation sites (N-methyl/N-ethyl adjacent to an activating group) is 1. The van der Waals surface area contributed by atoms with E-state index in [0.29, 0.717) is 16.4 Å². The van der Waals surface area contributed by atoms with E-state index in [4.69, 9.17) is 0 Å². The molecule has 1 N–H and O–H groups in total. The molecule has 0 radical (unpaired) electrons. The molecule has 3 nitrogen and oxygen atoms in total. The number of hydrogen-bond donors (Lipinski definition) is 2. The molecule has 1 aromatic carbocycles. The van der Waals surface area contributed by atoms with Crippen molar-refractivity contribution >= 4 is 34.5 Å². The number of nitrogens with zero attached hydrogens (tertiary/aromatic N) is 1. The van der Waals surface area contributed by atoms with Crippen LogP contribution in [0.4, 0.5) is 0 Å². The minimum atomic E-state index is -0.0712. The molecule has 0 spiro atoms. The van der Waals surface area contributed by atoms with E-state index < -0.39 is 0 Å². The van der Waals surface area contributed by atoms with Crippen LogP contribution in [0.3, 0.4) is 0 Å². The minimum absolute atomic E-state index is 0.0712. The van der Waals surface area contributed by atoms with E-state index in [1.54, 1.807) is 6.07 Å². The third-order valence-electron chi connectivity index (χ3n) is 2.89. The molecule has 0 aliphatic heterocycles. The lowest BCUT2D eigenvalue weighted by Gasteiger charge is -2.25.